The molecule has 17 heavy (non-hydrogen) atoms. The highest BCUT2D eigenvalue weighted by molar-refractivity contribution is 5.76. The summed E-state index contributed by atoms with van der Waals surface area (Å²) in [7, 11) is 0. The van der Waals surface area contributed by atoms with Gasteiger partial charge in [-0.25, -0.2) is 0 Å². The van der Waals surface area contributed by atoms with E-state index in [1.807, 2.05) is 0 Å². The van der Waals surface area contributed by atoms with Gasteiger partial charge in [-0.05, 0) is 46.1 Å². The predicted octanol–water partition coefficient (Wildman–Crippen LogP) is 1.45. The smallest absolute Gasteiger partial charge is 0.221 e. The number of rotatable bonds is 10. The second-order valence-corrected chi connectivity index (χ2v) is 4.97. The van der Waals surface area contributed by atoms with E-state index in [4.69, 9.17) is 4.74 Å². The average Bonchev–Trinajstić information content (AvgIpc) is 3.05. The van der Waals surface area contributed by atoms with Crippen LogP contribution < -0.4 is 10.6 Å². The first kappa shape index (κ1) is 14.5. The highest BCUT2D eigenvalue weighted by Crippen LogP contribution is 2.18. The van der Waals surface area contributed by atoms with Crippen LogP contribution in [0.1, 0.15) is 46.0 Å². The highest BCUT2D eigenvalue weighted by Gasteiger charge is 2.22. The largest absolute Gasteiger partial charge is 0.379 e. The summed E-state index contributed by atoms with van der Waals surface area (Å²) in [6.07, 6.45) is 5.44. The highest BCUT2D eigenvalue weighted by atomic mass is 16.5. The lowest BCUT2D eigenvalue weighted by Crippen LogP contribution is -2.29. The van der Waals surface area contributed by atoms with Crippen molar-refractivity contribution < 1.29 is 9.53 Å². The molecule has 1 aliphatic rings. The van der Waals surface area contributed by atoms with E-state index in [0.717, 1.165) is 45.4 Å². The van der Waals surface area contributed by atoms with Gasteiger partial charge in [0.05, 0.1) is 6.10 Å². The summed E-state index contributed by atoms with van der Waals surface area (Å²) < 4.78 is 5.45. The monoisotopic (exact) mass is 242 g/mol. The fourth-order valence-electron chi connectivity index (χ4n) is 1.53. The SMILES string of the molecule is CC(C)OCCCCNCCC(=O)NC1CC1. The molecule has 1 rings (SSSR count). The van der Waals surface area contributed by atoms with E-state index in [1.54, 1.807) is 0 Å². The Labute approximate surface area is 104 Å². The zero-order valence-electron chi connectivity index (χ0n) is 11.1. The molecule has 1 aliphatic carbocycles. The maximum absolute atomic E-state index is 11.3. The van der Waals surface area contributed by atoms with Crippen molar-refractivity contribution in [3.05, 3.63) is 0 Å². The van der Waals surface area contributed by atoms with Crippen LogP contribution in [0.15, 0.2) is 0 Å². The van der Waals surface area contributed by atoms with Crippen molar-refractivity contribution in [2.45, 2.75) is 58.1 Å². The maximum atomic E-state index is 11.3. The summed E-state index contributed by atoms with van der Waals surface area (Å²) >= 11 is 0. The molecule has 1 amide bonds. The molecule has 4 heteroatoms. The van der Waals surface area contributed by atoms with Gasteiger partial charge >= 0.3 is 0 Å². The Kier molecular flexibility index (Phi) is 7.21. The molecule has 0 spiro atoms. The zero-order valence-corrected chi connectivity index (χ0v) is 11.1. The second-order valence-electron chi connectivity index (χ2n) is 4.97. The Balaban J connectivity index is 1.76. The maximum Gasteiger partial charge on any atom is 0.221 e. The Hall–Kier alpha value is -0.610. The first-order valence-electron chi connectivity index (χ1n) is 6.80. The summed E-state index contributed by atoms with van der Waals surface area (Å²) in [6.45, 7) is 6.69. The van der Waals surface area contributed by atoms with Crippen LogP contribution in [0.5, 0.6) is 0 Å². The molecule has 4 nitrogen and oxygen atoms in total. The minimum atomic E-state index is 0.183. The third kappa shape index (κ3) is 9.12. The molecule has 2 N–H and O–H groups in total. The fourth-order valence-corrected chi connectivity index (χ4v) is 1.53. The van der Waals surface area contributed by atoms with Gasteiger partial charge in [-0.15, -0.1) is 0 Å². The van der Waals surface area contributed by atoms with Gasteiger partial charge in [0.1, 0.15) is 0 Å². The van der Waals surface area contributed by atoms with Crippen molar-refractivity contribution in [1.82, 2.24) is 10.6 Å². The summed E-state index contributed by atoms with van der Waals surface area (Å²) in [5, 5.41) is 6.26. The summed E-state index contributed by atoms with van der Waals surface area (Å²) in [4.78, 5) is 11.3. The molecule has 100 valence electrons. The molecule has 1 fully saturated rings. The first-order chi connectivity index (χ1) is 8.18. The van der Waals surface area contributed by atoms with Crippen molar-refractivity contribution in [2.24, 2.45) is 0 Å². The molecule has 1 saturated carbocycles. The molecule has 0 bridgehead atoms. The van der Waals surface area contributed by atoms with Gasteiger partial charge in [0.2, 0.25) is 5.91 Å². The summed E-state index contributed by atoms with van der Waals surface area (Å²) in [5.74, 6) is 0.183. The van der Waals surface area contributed by atoms with Gasteiger partial charge in [0.15, 0.2) is 0 Å². The van der Waals surface area contributed by atoms with E-state index in [1.165, 1.54) is 0 Å². The molecule has 0 atom stereocenters. The minimum absolute atomic E-state index is 0.183. The zero-order chi connectivity index (χ0) is 12.5. The van der Waals surface area contributed by atoms with Gasteiger partial charge < -0.3 is 15.4 Å². The average molecular weight is 242 g/mol. The molecular weight excluding hydrogens is 216 g/mol. The van der Waals surface area contributed by atoms with E-state index in [0.29, 0.717) is 18.6 Å². The molecule has 0 heterocycles. The van der Waals surface area contributed by atoms with E-state index >= 15 is 0 Å². The van der Waals surface area contributed by atoms with Crippen molar-refractivity contribution in [1.29, 1.82) is 0 Å². The number of nitrogens with one attached hydrogen (secondary N) is 2. The number of hydrogen-bond donors (Lipinski definition) is 2. The topological polar surface area (TPSA) is 50.4 Å². The fraction of sp³-hybridized carbons (Fsp3) is 0.923. The van der Waals surface area contributed by atoms with Crippen LogP contribution in [-0.4, -0.2) is 37.7 Å². The van der Waals surface area contributed by atoms with Crippen LogP contribution in [0.4, 0.5) is 0 Å². The quantitative estimate of drug-likeness (QED) is 0.570. The first-order valence-corrected chi connectivity index (χ1v) is 6.80. The Bertz CT molecular complexity index is 215. The van der Waals surface area contributed by atoms with Gasteiger partial charge in [0.25, 0.3) is 0 Å². The van der Waals surface area contributed by atoms with Gasteiger partial charge in [-0.3, -0.25) is 4.79 Å². The number of amides is 1. The van der Waals surface area contributed by atoms with Crippen LogP contribution in [-0.2, 0) is 9.53 Å². The van der Waals surface area contributed by atoms with E-state index in [9.17, 15) is 4.79 Å². The van der Waals surface area contributed by atoms with E-state index in [2.05, 4.69) is 24.5 Å². The molecular formula is C13H26N2O2. The van der Waals surface area contributed by atoms with Gasteiger partial charge in [-0.1, -0.05) is 0 Å². The number of carbonyl (C=O) groups is 1. The Morgan fingerprint density at radius 3 is 2.71 bits per heavy atom. The van der Waals surface area contributed by atoms with Crippen LogP contribution in [0.3, 0.4) is 0 Å². The predicted molar refractivity (Wildman–Crippen MR) is 69.0 cm³/mol. The number of ether oxygens (including phenoxy) is 1. The van der Waals surface area contributed by atoms with Crippen LogP contribution >= 0.6 is 0 Å². The normalized spacial score (nSPS) is 15.2. The van der Waals surface area contributed by atoms with Gasteiger partial charge in [-0.2, -0.15) is 0 Å². The summed E-state index contributed by atoms with van der Waals surface area (Å²) in [5.41, 5.74) is 0. The molecule has 0 unspecified atom stereocenters. The van der Waals surface area contributed by atoms with Crippen molar-refractivity contribution >= 4 is 5.91 Å². The minimum Gasteiger partial charge on any atom is -0.379 e. The molecule has 0 saturated heterocycles. The Morgan fingerprint density at radius 1 is 1.29 bits per heavy atom. The lowest BCUT2D eigenvalue weighted by atomic mass is 10.3. The van der Waals surface area contributed by atoms with Crippen LogP contribution in [0.25, 0.3) is 0 Å². The molecule has 0 aromatic heterocycles. The van der Waals surface area contributed by atoms with Crippen molar-refractivity contribution in [3.8, 4) is 0 Å². The lowest BCUT2D eigenvalue weighted by Gasteiger charge is -2.08. The Morgan fingerprint density at radius 2 is 2.06 bits per heavy atom. The lowest BCUT2D eigenvalue weighted by molar-refractivity contribution is -0.121. The number of unbranched alkanes of at least 4 members (excludes halogenated alkanes) is 1. The molecule has 0 aromatic carbocycles. The molecule has 0 aromatic rings. The molecule has 0 radical (unpaired) electrons. The van der Waals surface area contributed by atoms with Gasteiger partial charge in [0, 0.05) is 25.6 Å². The summed E-state index contributed by atoms with van der Waals surface area (Å²) in [6, 6.07) is 0.482. The number of hydrogen-bond acceptors (Lipinski definition) is 3. The van der Waals surface area contributed by atoms with Crippen molar-refractivity contribution in [2.75, 3.05) is 19.7 Å². The third-order valence-corrected chi connectivity index (χ3v) is 2.67. The van der Waals surface area contributed by atoms with Crippen molar-refractivity contribution in [3.63, 3.8) is 0 Å². The van der Waals surface area contributed by atoms with E-state index in [-0.39, 0.29) is 5.91 Å². The second kappa shape index (κ2) is 8.48. The number of carbonyl (C=O) groups excluding carboxylic acids is 1. The van der Waals surface area contributed by atoms with Crippen LogP contribution in [0.2, 0.25) is 0 Å². The third-order valence-electron chi connectivity index (χ3n) is 2.67. The van der Waals surface area contributed by atoms with Crippen LogP contribution in [0, 0.1) is 0 Å². The van der Waals surface area contributed by atoms with E-state index < -0.39 is 0 Å². The standard InChI is InChI=1S/C13H26N2O2/c1-11(2)17-10-4-3-8-14-9-7-13(16)15-12-5-6-12/h11-12,14H,3-10H2,1-2H3,(H,15,16). The molecule has 0 aliphatic heterocycles.